The zero-order valence-electron chi connectivity index (χ0n) is 17.0. The maximum Gasteiger partial charge on any atom is 0.148 e. The van der Waals surface area contributed by atoms with Crippen LogP contribution in [0.1, 0.15) is 37.1 Å². The average Bonchev–Trinajstić information content (AvgIpc) is 3.30. The standard InChI is InChI=1S/C23H25N5O2/c1-15-24-8-6-22(27-15)28-18-2-4-19(5-3-18)30-21-13-17(16-7-11-29-14-16)12-20-23(21)26-10-9-25-20/h6-10,12-13,18-19H,2-5,11,14H2,1H3,(H,24,27,28). The molecule has 7 heteroatoms. The van der Waals surface area contributed by atoms with Gasteiger partial charge in [0.1, 0.15) is 22.9 Å². The van der Waals surface area contributed by atoms with E-state index in [2.05, 4.69) is 43.5 Å². The van der Waals surface area contributed by atoms with Gasteiger partial charge < -0.3 is 14.8 Å². The van der Waals surface area contributed by atoms with E-state index in [1.807, 2.05) is 13.0 Å². The molecular weight excluding hydrogens is 378 g/mol. The quantitative estimate of drug-likeness (QED) is 0.691. The molecule has 0 amide bonds. The number of anilines is 1. The van der Waals surface area contributed by atoms with Crippen LogP contribution in [0.25, 0.3) is 16.6 Å². The summed E-state index contributed by atoms with van der Waals surface area (Å²) in [5, 5.41) is 3.53. The summed E-state index contributed by atoms with van der Waals surface area (Å²) in [6.45, 7) is 3.20. The van der Waals surface area contributed by atoms with Crippen molar-refractivity contribution in [3.05, 3.63) is 54.3 Å². The zero-order valence-corrected chi connectivity index (χ0v) is 17.0. The van der Waals surface area contributed by atoms with Gasteiger partial charge in [-0.25, -0.2) is 15.0 Å². The molecule has 1 aliphatic carbocycles. The zero-order chi connectivity index (χ0) is 20.3. The number of nitrogens with zero attached hydrogens (tertiary/aromatic N) is 4. The summed E-state index contributed by atoms with van der Waals surface area (Å²) < 4.78 is 12.0. The third-order valence-electron chi connectivity index (χ3n) is 5.71. The maximum atomic E-state index is 6.46. The predicted octanol–water partition coefficient (Wildman–Crippen LogP) is 3.94. The molecule has 1 aliphatic heterocycles. The van der Waals surface area contributed by atoms with Crippen LogP contribution in [0, 0.1) is 6.92 Å². The summed E-state index contributed by atoms with van der Waals surface area (Å²) in [7, 11) is 0. The largest absolute Gasteiger partial charge is 0.488 e. The number of ether oxygens (including phenoxy) is 2. The van der Waals surface area contributed by atoms with E-state index in [9.17, 15) is 0 Å². The summed E-state index contributed by atoms with van der Waals surface area (Å²) in [5.41, 5.74) is 3.95. The van der Waals surface area contributed by atoms with Gasteiger partial charge in [-0.3, -0.25) is 4.98 Å². The van der Waals surface area contributed by atoms with Crippen LogP contribution in [0.3, 0.4) is 0 Å². The van der Waals surface area contributed by atoms with Gasteiger partial charge in [-0.15, -0.1) is 0 Å². The highest BCUT2D eigenvalue weighted by atomic mass is 16.5. The van der Waals surface area contributed by atoms with Crippen LogP contribution in [0.2, 0.25) is 0 Å². The number of hydrogen-bond acceptors (Lipinski definition) is 7. The number of nitrogens with one attached hydrogen (secondary N) is 1. The van der Waals surface area contributed by atoms with Crippen LogP contribution < -0.4 is 10.1 Å². The van der Waals surface area contributed by atoms with Crippen molar-refractivity contribution in [2.75, 3.05) is 18.5 Å². The lowest BCUT2D eigenvalue weighted by molar-refractivity contribution is 0.151. The van der Waals surface area contributed by atoms with Crippen molar-refractivity contribution in [1.29, 1.82) is 0 Å². The minimum absolute atomic E-state index is 0.171. The molecule has 1 aromatic carbocycles. The van der Waals surface area contributed by atoms with E-state index in [-0.39, 0.29) is 6.10 Å². The fourth-order valence-corrected chi connectivity index (χ4v) is 4.16. The highest BCUT2D eigenvalue weighted by molar-refractivity contribution is 5.86. The van der Waals surface area contributed by atoms with E-state index in [1.165, 1.54) is 5.57 Å². The van der Waals surface area contributed by atoms with Crippen molar-refractivity contribution < 1.29 is 9.47 Å². The fourth-order valence-electron chi connectivity index (χ4n) is 4.16. The van der Waals surface area contributed by atoms with Gasteiger partial charge in [0.05, 0.1) is 24.8 Å². The molecular formula is C23H25N5O2. The second kappa shape index (κ2) is 8.36. The lowest BCUT2D eigenvalue weighted by Crippen LogP contribution is -2.31. The van der Waals surface area contributed by atoms with E-state index >= 15 is 0 Å². The number of hydrogen-bond donors (Lipinski definition) is 1. The third kappa shape index (κ3) is 4.11. The summed E-state index contributed by atoms with van der Waals surface area (Å²) in [4.78, 5) is 17.6. The summed E-state index contributed by atoms with van der Waals surface area (Å²) in [6, 6.07) is 6.49. The van der Waals surface area contributed by atoms with Crippen molar-refractivity contribution in [1.82, 2.24) is 19.9 Å². The molecule has 0 bridgehead atoms. The Kier molecular flexibility index (Phi) is 5.27. The molecule has 2 aromatic heterocycles. The molecule has 1 N–H and O–H groups in total. The smallest absolute Gasteiger partial charge is 0.148 e. The van der Waals surface area contributed by atoms with Gasteiger partial charge in [0.2, 0.25) is 0 Å². The monoisotopic (exact) mass is 403 g/mol. The Morgan fingerprint density at radius 3 is 2.70 bits per heavy atom. The Bertz CT molecular complexity index is 1080. The lowest BCUT2D eigenvalue weighted by Gasteiger charge is -2.30. The lowest BCUT2D eigenvalue weighted by atomic mass is 9.93. The first-order chi connectivity index (χ1) is 14.7. The van der Waals surface area contributed by atoms with E-state index in [4.69, 9.17) is 9.47 Å². The molecule has 0 spiro atoms. The molecule has 0 saturated heterocycles. The van der Waals surface area contributed by atoms with E-state index in [1.54, 1.807) is 18.6 Å². The number of rotatable bonds is 5. The van der Waals surface area contributed by atoms with Gasteiger partial charge in [0, 0.05) is 24.6 Å². The number of benzene rings is 1. The first kappa shape index (κ1) is 18.9. The topological polar surface area (TPSA) is 82.1 Å². The van der Waals surface area contributed by atoms with Crippen LogP contribution in [-0.4, -0.2) is 45.3 Å². The van der Waals surface area contributed by atoms with Gasteiger partial charge >= 0.3 is 0 Å². The van der Waals surface area contributed by atoms with Gasteiger partial charge in [-0.1, -0.05) is 6.08 Å². The second-order valence-corrected chi connectivity index (χ2v) is 7.87. The van der Waals surface area contributed by atoms with E-state index in [0.29, 0.717) is 19.3 Å². The molecule has 1 saturated carbocycles. The van der Waals surface area contributed by atoms with Crippen molar-refractivity contribution in [3.63, 3.8) is 0 Å². The van der Waals surface area contributed by atoms with Crippen molar-refractivity contribution in [2.45, 2.75) is 44.8 Å². The number of aromatic nitrogens is 4. The second-order valence-electron chi connectivity index (χ2n) is 7.87. The van der Waals surface area contributed by atoms with E-state index < -0.39 is 0 Å². The number of fused-ring (bicyclic) bond motifs is 1. The summed E-state index contributed by atoms with van der Waals surface area (Å²) >= 11 is 0. The fraction of sp³-hybridized carbons (Fsp3) is 0.391. The van der Waals surface area contributed by atoms with Crippen LogP contribution in [0.4, 0.5) is 5.82 Å². The van der Waals surface area contributed by atoms with Crippen LogP contribution in [-0.2, 0) is 4.74 Å². The minimum Gasteiger partial charge on any atom is -0.488 e. The van der Waals surface area contributed by atoms with Crippen molar-refractivity contribution in [2.24, 2.45) is 0 Å². The van der Waals surface area contributed by atoms with Crippen molar-refractivity contribution in [3.8, 4) is 5.75 Å². The Labute approximate surface area is 175 Å². The number of aryl methyl sites for hydroxylation is 1. The molecule has 0 unspecified atom stereocenters. The average molecular weight is 403 g/mol. The van der Waals surface area contributed by atoms with Crippen LogP contribution in [0.15, 0.2) is 42.9 Å². The summed E-state index contributed by atoms with van der Waals surface area (Å²) in [5.74, 6) is 2.49. The van der Waals surface area contributed by atoms with Gasteiger partial charge in [-0.2, -0.15) is 0 Å². The van der Waals surface area contributed by atoms with Gasteiger partial charge in [-0.05, 0) is 61.9 Å². The maximum absolute atomic E-state index is 6.46. The molecule has 7 nitrogen and oxygen atoms in total. The molecule has 5 rings (SSSR count). The third-order valence-corrected chi connectivity index (χ3v) is 5.71. The Morgan fingerprint density at radius 1 is 1.03 bits per heavy atom. The first-order valence-electron chi connectivity index (χ1n) is 10.5. The molecule has 3 aromatic rings. The molecule has 2 aliphatic rings. The van der Waals surface area contributed by atoms with E-state index in [0.717, 1.165) is 59.7 Å². The van der Waals surface area contributed by atoms with Crippen molar-refractivity contribution >= 4 is 22.4 Å². The summed E-state index contributed by atoms with van der Waals surface area (Å²) in [6.07, 6.45) is 11.6. The molecule has 0 radical (unpaired) electrons. The molecule has 0 atom stereocenters. The minimum atomic E-state index is 0.171. The van der Waals surface area contributed by atoms with Gasteiger partial charge in [0.15, 0.2) is 0 Å². The first-order valence-corrected chi connectivity index (χ1v) is 10.5. The van der Waals surface area contributed by atoms with Crippen LogP contribution in [0.5, 0.6) is 5.75 Å². The molecule has 1 fully saturated rings. The Morgan fingerprint density at radius 2 is 1.90 bits per heavy atom. The highest BCUT2D eigenvalue weighted by Crippen LogP contribution is 2.32. The normalized spacial score (nSPS) is 21.4. The highest BCUT2D eigenvalue weighted by Gasteiger charge is 2.24. The SMILES string of the molecule is Cc1nccc(NC2CCC(Oc3cc(C4=CCOC4)cc4nccnc34)CC2)n1. The molecule has 3 heterocycles. The molecule has 30 heavy (non-hydrogen) atoms. The molecule has 154 valence electrons. The van der Waals surface area contributed by atoms with Crippen LogP contribution >= 0.6 is 0 Å². The Hall–Kier alpha value is -3.06. The van der Waals surface area contributed by atoms with Gasteiger partial charge in [0.25, 0.3) is 0 Å². The predicted molar refractivity (Wildman–Crippen MR) is 115 cm³/mol. The Balaban J connectivity index is 1.29.